The molecule has 0 aliphatic carbocycles. The zero-order valence-corrected chi connectivity index (χ0v) is 11.8. The van der Waals surface area contributed by atoms with Gasteiger partial charge in [-0.15, -0.1) is 0 Å². The van der Waals surface area contributed by atoms with Gasteiger partial charge in [-0.25, -0.2) is 17.6 Å². The molecular weight excluding hydrogens is 306 g/mol. The second-order valence-corrected chi connectivity index (χ2v) is 5.16. The van der Waals surface area contributed by atoms with E-state index in [1.54, 1.807) is 31.2 Å². The molecule has 0 radical (unpaired) electrons. The van der Waals surface area contributed by atoms with Crippen molar-refractivity contribution in [3.63, 3.8) is 0 Å². The summed E-state index contributed by atoms with van der Waals surface area (Å²) in [6.45, 7) is 1.65. The Morgan fingerprint density at radius 1 is 1.00 bits per heavy atom. The quantitative estimate of drug-likeness (QED) is 0.622. The normalized spacial score (nSPS) is 12.3. The van der Waals surface area contributed by atoms with Crippen LogP contribution in [0.15, 0.2) is 30.3 Å². The van der Waals surface area contributed by atoms with Crippen LogP contribution in [0.3, 0.4) is 0 Å². The highest BCUT2D eigenvalue weighted by Crippen LogP contribution is 2.25. The maximum atomic E-state index is 13.5. The molecule has 0 bridgehead atoms. The van der Waals surface area contributed by atoms with Gasteiger partial charge in [-0.3, -0.25) is 0 Å². The molecule has 1 nitrogen and oxygen atoms in total. The first-order valence-electron chi connectivity index (χ1n) is 6.22. The van der Waals surface area contributed by atoms with Gasteiger partial charge in [-0.2, -0.15) is 0 Å². The van der Waals surface area contributed by atoms with Gasteiger partial charge in [0.05, 0.1) is 0 Å². The fourth-order valence-electron chi connectivity index (χ4n) is 1.97. The highest BCUT2D eigenvalue weighted by molar-refractivity contribution is 6.30. The number of anilines is 1. The van der Waals surface area contributed by atoms with E-state index in [9.17, 15) is 17.6 Å². The van der Waals surface area contributed by atoms with Crippen LogP contribution in [0, 0.1) is 23.3 Å². The number of hydrogen-bond donors (Lipinski definition) is 1. The monoisotopic (exact) mass is 317 g/mol. The van der Waals surface area contributed by atoms with Crippen molar-refractivity contribution in [1.82, 2.24) is 0 Å². The van der Waals surface area contributed by atoms with Gasteiger partial charge in [0.1, 0.15) is 5.69 Å². The Kier molecular flexibility index (Phi) is 4.73. The number of hydrogen-bond acceptors (Lipinski definition) is 1. The molecule has 0 heterocycles. The molecule has 0 spiro atoms. The third-order valence-corrected chi connectivity index (χ3v) is 3.21. The van der Waals surface area contributed by atoms with Crippen molar-refractivity contribution in [2.24, 2.45) is 0 Å². The summed E-state index contributed by atoms with van der Waals surface area (Å²) >= 11 is 5.76. The molecule has 0 saturated heterocycles. The highest BCUT2D eigenvalue weighted by atomic mass is 35.5. The molecule has 1 N–H and O–H groups in total. The Bertz CT molecular complexity index is 617. The highest BCUT2D eigenvalue weighted by Gasteiger charge is 2.20. The third kappa shape index (κ3) is 3.67. The smallest absolute Gasteiger partial charge is 0.185 e. The number of halogens is 5. The van der Waals surface area contributed by atoms with Crippen LogP contribution in [0.4, 0.5) is 23.2 Å². The topological polar surface area (TPSA) is 12.0 Å². The predicted molar refractivity (Wildman–Crippen MR) is 74.5 cm³/mol. The van der Waals surface area contributed by atoms with Crippen LogP contribution in [0.1, 0.15) is 12.5 Å². The number of nitrogens with one attached hydrogen (secondary N) is 1. The van der Waals surface area contributed by atoms with Crippen LogP contribution in [-0.2, 0) is 6.42 Å². The molecule has 0 aromatic heterocycles. The molecular formula is C15H12ClF4N. The minimum Gasteiger partial charge on any atom is -0.377 e. The van der Waals surface area contributed by atoms with Gasteiger partial charge in [0.25, 0.3) is 0 Å². The van der Waals surface area contributed by atoms with Crippen molar-refractivity contribution in [3.05, 3.63) is 64.2 Å². The van der Waals surface area contributed by atoms with Crippen LogP contribution >= 0.6 is 11.6 Å². The van der Waals surface area contributed by atoms with Crippen molar-refractivity contribution < 1.29 is 17.6 Å². The van der Waals surface area contributed by atoms with E-state index in [0.717, 1.165) is 5.56 Å². The van der Waals surface area contributed by atoms with E-state index in [-0.39, 0.29) is 6.07 Å². The van der Waals surface area contributed by atoms with Crippen LogP contribution in [-0.4, -0.2) is 6.04 Å². The average Bonchev–Trinajstić information content (AvgIpc) is 2.44. The van der Waals surface area contributed by atoms with E-state index in [1.165, 1.54) is 0 Å². The van der Waals surface area contributed by atoms with Gasteiger partial charge in [0.15, 0.2) is 23.3 Å². The summed E-state index contributed by atoms with van der Waals surface area (Å²) in [5, 5.41) is 3.03. The van der Waals surface area contributed by atoms with Crippen molar-refractivity contribution in [1.29, 1.82) is 0 Å². The van der Waals surface area contributed by atoms with Crippen molar-refractivity contribution in [2.75, 3.05) is 5.32 Å². The summed E-state index contributed by atoms with van der Waals surface area (Å²) in [7, 11) is 0. The molecule has 0 aliphatic rings. The third-order valence-electron chi connectivity index (χ3n) is 2.96. The zero-order valence-electron chi connectivity index (χ0n) is 11.1. The molecule has 0 amide bonds. The lowest BCUT2D eigenvalue weighted by molar-refractivity contribution is 0.456. The number of benzene rings is 2. The Labute approximate surface area is 124 Å². The molecule has 112 valence electrons. The minimum absolute atomic E-state index is 0.180. The SMILES string of the molecule is CC(Cc1ccc(Cl)cc1)Nc1c(F)c(F)cc(F)c1F. The summed E-state index contributed by atoms with van der Waals surface area (Å²) < 4.78 is 53.3. The lowest BCUT2D eigenvalue weighted by atomic mass is 10.1. The molecule has 21 heavy (non-hydrogen) atoms. The van der Waals surface area contributed by atoms with Crippen molar-refractivity contribution >= 4 is 17.3 Å². The Balaban J connectivity index is 2.16. The second kappa shape index (κ2) is 6.35. The molecule has 1 atom stereocenters. The molecule has 1 unspecified atom stereocenters. The van der Waals surface area contributed by atoms with E-state index in [4.69, 9.17) is 11.6 Å². The largest absolute Gasteiger partial charge is 0.377 e. The zero-order chi connectivity index (χ0) is 15.6. The summed E-state index contributed by atoms with van der Waals surface area (Å²) in [6, 6.07) is 6.65. The number of rotatable bonds is 4. The van der Waals surface area contributed by atoms with Gasteiger partial charge >= 0.3 is 0 Å². The molecule has 0 aliphatic heterocycles. The first-order chi connectivity index (χ1) is 9.88. The van der Waals surface area contributed by atoms with Gasteiger partial charge in [-0.1, -0.05) is 23.7 Å². The standard InChI is InChI=1S/C15H12ClF4N/c1-8(6-9-2-4-10(16)5-3-9)21-15-13(19)11(17)7-12(18)14(15)20/h2-5,7-8,21H,6H2,1H3. The van der Waals surface area contributed by atoms with E-state index in [2.05, 4.69) is 5.32 Å². The molecule has 0 saturated carbocycles. The molecule has 0 fully saturated rings. The van der Waals surface area contributed by atoms with Crippen LogP contribution in [0.2, 0.25) is 5.02 Å². The second-order valence-electron chi connectivity index (χ2n) is 4.72. The fourth-order valence-corrected chi connectivity index (χ4v) is 2.10. The van der Waals surface area contributed by atoms with Gasteiger partial charge < -0.3 is 5.32 Å². The van der Waals surface area contributed by atoms with Crippen LogP contribution < -0.4 is 5.32 Å². The summed E-state index contributed by atoms with van der Waals surface area (Å²) in [6.07, 6.45) is 0.411. The molecule has 6 heteroatoms. The Hall–Kier alpha value is -1.75. The van der Waals surface area contributed by atoms with Crippen LogP contribution in [0.5, 0.6) is 0 Å². The minimum atomic E-state index is -1.44. The van der Waals surface area contributed by atoms with E-state index < -0.39 is 35.0 Å². The van der Waals surface area contributed by atoms with Crippen molar-refractivity contribution in [2.45, 2.75) is 19.4 Å². The maximum absolute atomic E-state index is 13.5. The van der Waals surface area contributed by atoms with E-state index in [1.807, 2.05) is 0 Å². The summed E-state index contributed by atoms with van der Waals surface area (Å²) in [5.74, 6) is -5.74. The summed E-state index contributed by atoms with van der Waals surface area (Å²) in [5.41, 5.74) is 0.0751. The van der Waals surface area contributed by atoms with E-state index >= 15 is 0 Å². The maximum Gasteiger partial charge on any atom is 0.185 e. The molecule has 2 rings (SSSR count). The van der Waals surface area contributed by atoms with E-state index in [0.29, 0.717) is 11.4 Å². The Morgan fingerprint density at radius 2 is 1.52 bits per heavy atom. The van der Waals surface area contributed by atoms with Crippen molar-refractivity contribution in [3.8, 4) is 0 Å². The first kappa shape index (κ1) is 15.6. The summed E-state index contributed by atoms with van der Waals surface area (Å²) in [4.78, 5) is 0. The Morgan fingerprint density at radius 3 is 2.05 bits per heavy atom. The van der Waals surface area contributed by atoms with Crippen LogP contribution in [0.25, 0.3) is 0 Å². The lowest BCUT2D eigenvalue weighted by Crippen LogP contribution is -2.20. The molecule has 2 aromatic carbocycles. The first-order valence-corrected chi connectivity index (χ1v) is 6.60. The average molecular weight is 318 g/mol. The van der Waals surface area contributed by atoms with Gasteiger partial charge in [0, 0.05) is 17.1 Å². The van der Waals surface area contributed by atoms with Gasteiger partial charge in [0.2, 0.25) is 0 Å². The predicted octanol–water partition coefficient (Wildman–Crippen LogP) is 4.94. The van der Waals surface area contributed by atoms with Gasteiger partial charge in [-0.05, 0) is 31.0 Å². The molecule has 2 aromatic rings. The fraction of sp³-hybridized carbons (Fsp3) is 0.200. The lowest BCUT2D eigenvalue weighted by Gasteiger charge is -2.17.